The molecule has 1 fully saturated rings. The third kappa shape index (κ3) is 4.39. The van der Waals surface area contributed by atoms with Crippen LogP contribution in [0.3, 0.4) is 0 Å². The molecule has 0 radical (unpaired) electrons. The van der Waals surface area contributed by atoms with E-state index in [1.54, 1.807) is 24.3 Å². The number of hydrogen-bond acceptors (Lipinski definition) is 4. The van der Waals surface area contributed by atoms with Gasteiger partial charge in [-0.1, -0.05) is 0 Å². The smallest absolute Gasteiger partial charge is 0.221 e. The van der Waals surface area contributed by atoms with Crippen LogP contribution in [0, 0.1) is 5.92 Å². The molecule has 0 atom stereocenters. The second-order valence-electron chi connectivity index (χ2n) is 5.70. The summed E-state index contributed by atoms with van der Waals surface area (Å²) in [6.45, 7) is 3.14. The molecule has 1 aromatic rings. The summed E-state index contributed by atoms with van der Waals surface area (Å²) in [5.41, 5.74) is 1.26. The molecule has 1 heterocycles. The van der Waals surface area contributed by atoms with Crippen LogP contribution in [0.1, 0.15) is 30.1 Å². The molecule has 1 amide bonds. The highest BCUT2D eigenvalue weighted by Crippen LogP contribution is 2.10. The number of nitrogens with one attached hydrogen (secondary N) is 2. The number of carboxylic acid groups (broad SMARTS) is 1. The van der Waals surface area contributed by atoms with Gasteiger partial charge in [-0.3, -0.25) is 9.59 Å². The van der Waals surface area contributed by atoms with Crippen LogP contribution >= 0.6 is 0 Å². The summed E-state index contributed by atoms with van der Waals surface area (Å²) in [6, 6.07) is 6.79. The molecule has 1 aromatic carbocycles. The van der Waals surface area contributed by atoms with E-state index in [1.807, 2.05) is 0 Å². The average molecular weight is 304 g/mol. The van der Waals surface area contributed by atoms with E-state index < -0.39 is 5.97 Å². The van der Waals surface area contributed by atoms with E-state index in [-0.39, 0.29) is 17.6 Å². The second-order valence-corrected chi connectivity index (χ2v) is 5.70. The number of carbonyl (C=O) groups excluding carboxylic acids is 3. The number of aliphatic carboxylic acids is 1. The van der Waals surface area contributed by atoms with Crippen molar-refractivity contribution in [2.75, 3.05) is 25.0 Å². The topological polar surface area (TPSA) is 90.7 Å². The Labute approximate surface area is 129 Å². The van der Waals surface area contributed by atoms with Crippen LogP contribution in [0.5, 0.6) is 0 Å². The first kappa shape index (κ1) is 16.2. The SMILES string of the molecule is CC(=O)Nc1ccc(C(=O)C[NH+]2CCC(C(=O)[O-])CC2)cc1. The Hall–Kier alpha value is -2.21. The first-order valence-electron chi connectivity index (χ1n) is 7.41. The molecule has 0 unspecified atom stereocenters. The number of carbonyl (C=O) groups is 3. The van der Waals surface area contributed by atoms with Crippen molar-refractivity contribution >= 4 is 23.3 Å². The minimum atomic E-state index is -0.987. The summed E-state index contributed by atoms with van der Waals surface area (Å²) in [5, 5.41) is 13.4. The zero-order valence-corrected chi connectivity index (χ0v) is 12.6. The van der Waals surface area contributed by atoms with Gasteiger partial charge in [0.05, 0.1) is 13.1 Å². The minimum Gasteiger partial charge on any atom is -0.550 e. The lowest BCUT2D eigenvalue weighted by Crippen LogP contribution is -3.14. The van der Waals surface area contributed by atoms with Crippen molar-refractivity contribution in [3.05, 3.63) is 29.8 Å². The molecule has 1 aliphatic heterocycles. The highest BCUT2D eigenvalue weighted by Gasteiger charge is 2.24. The lowest BCUT2D eigenvalue weighted by molar-refractivity contribution is -0.897. The number of benzene rings is 1. The predicted octanol–water partition coefficient (Wildman–Crippen LogP) is -1.13. The van der Waals surface area contributed by atoms with Gasteiger partial charge < -0.3 is 20.1 Å². The quantitative estimate of drug-likeness (QED) is 0.674. The first-order chi connectivity index (χ1) is 10.5. The fraction of sp³-hybridized carbons (Fsp3) is 0.438. The summed E-state index contributed by atoms with van der Waals surface area (Å²) in [6.07, 6.45) is 1.12. The zero-order chi connectivity index (χ0) is 16.1. The zero-order valence-electron chi connectivity index (χ0n) is 12.6. The number of ketones is 1. The molecule has 6 heteroatoms. The van der Waals surface area contributed by atoms with Crippen LogP contribution in [0.4, 0.5) is 5.69 Å². The molecular formula is C16H20N2O4. The van der Waals surface area contributed by atoms with Gasteiger partial charge in [0, 0.05) is 42.9 Å². The third-order valence-corrected chi connectivity index (χ3v) is 3.96. The van der Waals surface area contributed by atoms with Crippen molar-refractivity contribution in [2.45, 2.75) is 19.8 Å². The van der Waals surface area contributed by atoms with Crippen molar-refractivity contribution in [1.82, 2.24) is 0 Å². The normalized spacial score (nSPS) is 21.1. The van der Waals surface area contributed by atoms with Crippen molar-refractivity contribution in [1.29, 1.82) is 0 Å². The molecule has 6 nitrogen and oxygen atoms in total. The number of carboxylic acids is 1. The number of quaternary nitrogens is 1. The molecule has 2 rings (SSSR count). The second kappa shape index (κ2) is 7.17. The number of hydrogen-bond donors (Lipinski definition) is 2. The molecule has 1 saturated heterocycles. The fourth-order valence-corrected chi connectivity index (χ4v) is 2.71. The van der Waals surface area contributed by atoms with Crippen molar-refractivity contribution in [2.24, 2.45) is 5.92 Å². The minimum absolute atomic E-state index is 0.0243. The van der Waals surface area contributed by atoms with E-state index in [4.69, 9.17) is 0 Å². The Bertz CT molecular complexity index is 560. The lowest BCUT2D eigenvalue weighted by Gasteiger charge is -2.29. The standard InChI is InChI=1S/C16H20N2O4/c1-11(19)17-14-4-2-12(3-5-14)15(20)10-18-8-6-13(7-9-18)16(21)22/h2-5,13H,6-10H2,1H3,(H,17,19)(H,21,22). The number of amides is 1. The first-order valence-corrected chi connectivity index (χ1v) is 7.41. The van der Waals surface area contributed by atoms with E-state index in [9.17, 15) is 19.5 Å². The maximum absolute atomic E-state index is 12.2. The van der Waals surface area contributed by atoms with E-state index in [2.05, 4.69) is 5.32 Å². The van der Waals surface area contributed by atoms with Gasteiger partial charge in [0.15, 0.2) is 0 Å². The van der Waals surface area contributed by atoms with Gasteiger partial charge >= 0.3 is 0 Å². The lowest BCUT2D eigenvalue weighted by atomic mass is 9.97. The summed E-state index contributed by atoms with van der Waals surface area (Å²) in [7, 11) is 0. The Morgan fingerprint density at radius 2 is 1.77 bits per heavy atom. The highest BCUT2D eigenvalue weighted by molar-refractivity contribution is 5.97. The number of Topliss-reactive ketones (excluding diaryl/α,β-unsaturated/α-hetero) is 1. The third-order valence-electron chi connectivity index (χ3n) is 3.96. The van der Waals surface area contributed by atoms with Gasteiger partial charge in [-0.25, -0.2) is 0 Å². The van der Waals surface area contributed by atoms with Crippen LogP contribution in [0.2, 0.25) is 0 Å². The Morgan fingerprint density at radius 1 is 1.18 bits per heavy atom. The predicted molar refractivity (Wildman–Crippen MR) is 78.4 cm³/mol. The summed E-state index contributed by atoms with van der Waals surface area (Å²) in [4.78, 5) is 35.1. The van der Waals surface area contributed by atoms with Crippen molar-refractivity contribution in [3.8, 4) is 0 Å². The fourth-order valence-electron chi connectivity index (χ4n) is 2.71. The summed E-state index contributed by atoms with van der Waals surface area (Å²) < 4.78 is 0. The Balaban J connectivity index is 1.87. The molecule has 2 N–H and O–H groups in total. The molecule has 0 bridgehead atoms. The summed E-state index contributed by atoms with van der Waals surface area (Å²) in [5.74, 6) is -1.50. The highest BCUT2D eigenvalue weighted by atomic mass is 16.4. The Kier molecular flexibility index (Phi) is 5.27. The van der Waals surface area contributed by atoms with Crippen LogP contribution in [-0.4, -0.2) is 37.3 Å². The monoisotopic (exact) mass is 304 g/mol. The van der Waals surface area contributed by atoms with E-state index in [0.717, 1.165) is 4.90 Å². The van der Waals surface area contributed by atoms with Crippen LogP contribution in [-0.2, 0) is 9.59 Å². The van der Waals surface area contributed by atoms with E-state index in [1.165, 1.54) is 6.92 Å². The maximum atomic E-state index is 12.2. The van der Waals surface area contributed by atoms with Crippen LogP contribution < -0.4 is 15.3 Å². The maximum Gasteiger partial charge on any atom is 0.221 e. The number of rotatable bonds is 5. The van der Waals surface area contributed by atoms with Gasteiger partial charge in [0.2, 0.25) is 11.7 Å². The molecule has 22 heavy (non-hydrogen) atoms. The van der Waals surface area contributed by atoms with E-state index >= 15 is 0 Å². The largest absolute Gasteiger partial charge is 0.550 e. The van der Waals surface area contributed by atoms with Gasteiger partial charge in [0.1, 0.15) is 6.54 Å². The molecule has 118 valence electrons. The van der Waals surface area contributed by atoms with Gasteiger partial charge in [-0.05, 0) is 24.3 Å². The van der Waals surface area contributed by atoms with Crippen LogP contribution in [0.25, 0.3) is 0 Å². The molecular weight excluding hydrogens is 284 g/mol. The van der Waals surface area contributed by atoms with Crippen molar-refractivity contribution < 1.29 is 24.4 Å². The number of likely N-dealkylation sites (tertiary alicyclic amines) is 1. The van der Waals surface area contributed by atoms with Gasteiger partial charge in [0.25, 0.3) is 0 Å². The molecule has 1 aliphatic rings. The molecule has 0 spiro atoms. The number of anilines is 1. The van der Waals surface area contributed by atoms with Crippen LogP contribution in [0.15, 0.2) is 24.3 Å². The Morgan fingerprint density at radius 3 is 2.27 bits per heavy atom. The molecule has 0 saturated carbocycles. The summed E-state index contributed by atoms with van der Waals surface area (Å²) >= 11 is 0. The van der Waals surface area contributed by atoms with Crippen molar-refractivity contribution in [3.63, 3.8) is 0 Å². The molecule has 0 aliphatic carbocycles. The van der Waals surface area contributed by atoms with Gasteiger partial charge in [-0.2, -0.15) is 0 Å². The average Bonchev–Trinajstić information content (AvgIpc) is 2.48. The molecule has 0 aromatic heterocycles. The van der Waals surface area contributed by atoms with Gasteiger partial charge in [-0.15, -0.1) is 0 Å². The number of piperidine rings is 1. The van der Waals surface area contributed by atoms with E-state index in [0.29, 0.717) is 43.7 Å².